The quantitative estimate of drug-likeness (QED) is 0.791. The van der Waals surface area contributed by atoms with Crippen LogP contribution in [0.1, 0.15) is 58.6 Å². The summed E-state index contributed by atoms with van der Waals surface area (Å²) >= 11 is 0. The number of nitrogens with two attached hydrogens (primary N) is 1. The van der Waals surface area contributed by atoms with Crippen molar-refractivity contribution in [1.82, 2.24) is 9.78 Å². The minimum absolute atomic E-state index is 0.0213. The average molecular weight is 221 g/mol. The van der Waals surface area contributed by atoms with Crippen LogP contribution in [-0.4, -0.2) is 9.78 Å². The summed E-state index contributed by atoms with van der Waals surface area (Å²) in [5, 5.41) is 4.69. The van der Waals surface area contributed by atoms with Gasteiger partial charge in [-0.05, 0) is 39.5 Å². The second-order valence-corrected chi connectivity index (χ2v) is 6.19. The smallest absolute Gasteiger partial charge is 0.122 e. The zero-order chi connectivity index (χ0) is 11.9. The molecule has 1 aliphatic rings. The summed E-state index contributed by atoms with van der Waals surface area (Å²) in [4.78, 5) is 0. The Hall–Kier alpha value is -0.990. The van der Waals surface area contributed by atoms with E-state index in [2.05, 4.69) is 38.9 Å². The van der Waals surface area contributed by atoms with Crippen LogP contribution in [0.5, 0.6) is 0 Å². The molecule has 2 rings (SSSR count). The summed E-state index contributed by atoms with van der Waals surface area (Å²) in [5.41, 5.74) is 7.20. The largest absolute Gasteiger partial charge is 0.384 e. The summed E-state index contributed by atoms with van der Waals surface area (Å²) < 4.78 is 1.95. The van der Waals surface area contributed by atoms with Crippen LogP contribution < -0.4 is 5.73 Å². The van der Waals surface area contributed by atoms with Gasteiger partial charge >= 0.3 is 0 Å². The van der Waals surface area contributed by atoms with Gasteiger partial charge in [0.1, 0.15) is 5.82 Å². The molecule has 0 bridgehead atoms. The molecule has 16 heavy (non-hydrogen) atoms. The maximum atomic E-state index is 6.03. The molecule has 1 aliphatic carbocycles. The molecular weight excluding hydrogens is 198 g/mol. The number of hydrogen-bond donors (Lipinski definition) is 1. The fourth-order valence-corrected chi connectivity index (χ4v) is 2.63. The molecule has 0 unspecified atom stereocenters. The molecule has 0 aliphatic heterocycles. The first kappa shape index (κ1) is 11.5. The van der Waals surface area contributed by atoms with Crippen molar-refractivity contribution in [2.24, 2.45) is 5.92 Å². The molecule has 1 fully saturated rings. The molecule has 2 N–H and O–H groups in total. The van der Waals surface area contributed by atoms with Crippen molar-refractivity contribution in [1.29, 1.82) is 0 Å². The predicted molar refractivity (Wildman–Crippen MR) is 67.4 cm³/mol. The third-order valence-corrected chi connectivity index (χ3v) is 3.50. The van der Waals surface area contributed by atoms with Crippen molar-refractivity contribution in [2.75, 3.05) is 5.73 Å². The van der Waals surface area contributed by atoms with Crippen LogP contribution >= 0.6 is 0 Å². The predicted octanol–water partition coefficient (Wildman–Crippen LogP) is 3.12. The summed E-state index contributed by atoms with van der Waals surface area (Å²) in [5.74, 6) is 2.26. The maximum absolute atomic E-state index is 6.03. The first-order valence-corrected chi connectivity index (χ1v) is 6.24. The molecule has 1 heterocycles. The fourth-order valence-electron chi connectivity index (χ4n) is 2.63. The molecule has 0 saturated heterocycles. The van der Waals surface area contributed by atoms with E-state index in [0.29, 0.717) is 5.92 Å². The Labute approximate surface area is 98.0 Å². The van der Waals surface area contributed by atoms with Gasteiger partial charge in [0.05, 0.1) is 11.2 Å². The zero-order valence-corrected chi connectivity index (χ0v) is 10.8. The monoisotopic (exact) mass is 221 g/mol. The lowest BCUT2D eigenvalue weighted by atomic mass is 10.0. The zero-order valence-electron chi connectivity index (χ0n) is 10.8. The summed E-state index contributed by atoms with van der Waals surface area (Å²) in [6.07, 6.45) is 3.86. The number of anilines is 1. The summed E-state index contributed by atoms with van der Waals surface area (Å²) in [7, 11) is 0. The second-order valence-electron chi connectivity index (χ2n) is 6.19. The van der Waals surface area contributed by atoms with E-state index in [0.717, 1.165) is 11.7 Å². The van der Waals surface area contributed by atoms with Gasteiger partial charge in [-0.15, -0.1) is 0 Å². The lowest BCUT2D eigenvalue weighted by molar-refractivity contribution is 0.357. The highest BCUT2D eigenvalue weighted by Gasteiger charge is 2.27. The van der Waals surface area contributed by atoms with Crippen molar-refractivity contribution in [3.05, 3.63) is 11.8 Å². The summed E-state index contributed by atoms with van der Waals surface area (Å²) in [6, 6.07) is 2.06. The first-order chi connectivity index (χ1) is 7.38. The maximum Gasteiger partial charge on any atom is 0.122 e. The van der Waals surface area contributed by atoms with Crippen LogP contribution in [0.15, 0.2) is 6.07 Å². The lowest BCUT2D eigenvalue weighted by Crippen LogP contribution is -2.24. The molecule has 3 heteroatoms. The molecule has 0 radical (unpaired) electrons. The molecule has 90 valence electrons. The van der Waals surface area contributed by atoms with Crippen LogP contribution in [0.3, 0.4) is 0 Å². The van der Waals surface area contributed by atoms with Crippen molar-refractivity contribution in [3.63, 3.8) is 0 Å². The standard InChI is InChI=1S/C13H23N3/c1-9-5-6-10(7-9)11-8-12(14)16(15-11)13(2,3)4/h8-10H,5-7,14H2,1-4H3/t9-,10+/m1/s1. The highest BCUT2D eigenvalue weighted by Crippen LogP contribution is 2.38. The van der Waals surface area contributed by atoms with Crippen LogP contribution in [0.25, 0.3) is 0 Å². The Morgan fingerprint density at radius 3 is 2.50 bits per heavy atom. The van der Waals surface area contributed by atoms with E-state index >= 15 is 0 Å². The molecule has 1 aromatic heterocycles. The van der Waals surface area contributed by atoms with E-state index in [1.807, 2.05) is 4.68 Å². The third-order valence-electron chi connectivity index (χ3n) is 3.50. The van der Waals surface area contributed by atoms with Crippen LogP contribution in [-0.2, 0) is 5.54 Å². The van der Waals surface area contributed by atoms with Crippen molar-refractivity contribution in [3.8, 4) is 0 Å². The SMILES string of the molecule is C[C@@H]1CC[C@H](c2cc(N)n(C(C)(C)C)n2)C1. The van der Waals surface area contributed by atoms with E-state index in [4.69, 9.17) is 5.73 Å². The van der Waals surface area contributed by atoms with Crippen molar-refractivity contribution in [2.45, 2.75) is 58.4 Å². The Kier molecular flexibility index (Phi) is 2.72. The first-order valence-electron chi connectivity index (χ1n) is 6.24. The van der Waals surface area contributed by atoms with E-state index in [1.54, 1.807) is 0 Å². The Bertz CT molecular complexity index is 373. The van der Waals surface area contributed by atoms with E-state index < -0.39 is 0 Å². The molecule has 0 amide bonds. The van der Waals surface area contributed by atoms with E-state index in [1.165, 1.54) is 25.0 Å². The highest BCUT2D eigenvalue weighted by molar-refractivity contribution is 5.33. The third kappa shape index (κ3) is 2.08. The number of nitrogens with zero attached hydrogens (tertiary/aromatic N) is 2. The van der Waals surface area contributed by atoms with Gasteiger partial charge in [-0.1, -0.05) is 13.3 Å². The minimum atomic E-state index is -0.0213. The van der Waals surface area contributed by atoms with Gasteiger partial charge in [0.15, 0.2) is 0 Å². The molecule has 0 aromatic carbocycles. The van der Waals surface area contributed by atoms with Gasteiger partial charge in [0, 0.05) is 12.0 Å². The van der Waals surface area contributed by atoms with Crippen molar-refractivity contribution >= 4 is 5.82 Å². The van der Waals surface area contributed by atoms with Gasteiger partial charge in [-0.2, -0.15) is 5.10 Å². The molecule has 3 nitrogen and oxygen atoms in total. The Morgan fingerprint density at radius 2 is 2.06 bits per heavy atom. The molecular formula is C13H23N3. The van der Waals surface area contributed by atoms with E-state index in [9.17, 15) is 0 Å². The summed E-state index contributed by atoms with van der Waals surface area (Å²) in [6.45, 7) is 8.73. The molecule has 1 aromatic rings. The Morgan fingerprint density at radius 1 is 1.38 bits per heavy atom. The number of aromatic nitrogens is 2. The van der Waals surface area contributed by atoms with Crippen molar-refractivity contribution < 1.29 is 0 Å². The number of nitrogen functional groups attached to an aromatic ring is 1. The van der Waals surface area contributed by atoms with Gasteiger partial charge in [0.2, 0.25) is 0 Å². The van der Waals surface area contributed by atoms with Crippen LogP contribution in [0, 0.1) is 5.92 Å². The normalized spacial score (nSPS) is 26.2. The molecule has 0 spiro atoms. The molecule has 1 saturated carbocycles. The minimum Gasteiger partial charge on any atom is -0.384 e. The highest BCUT2D eigenvalue weighted by atomic mass is 15.3. The van der Waals surface area contributed by atoms with Gasteiger partial charge in [0.25, 0.3) is 0 Å². The second kappa shape index (κ2) is 3.79. The van der Waals surface area contributed by atoms with Gasteiger partial charge in [-0.3, -0.25) is 0 Å². The number of hydrogen-bond acceptors (Lipinski definition) is 2. The Balaban J connectivity index is 2.24. The topological polar surface area (TPSA) is 43.8 Å². The van der Waals surface area contributed by atoms with E-state index in [-0.39, 0.29) is 5.54 Å². The molecule has 2 atom stereocenters. The lowest BCUT2D eigenvalue weighted by Gasteiger charge is -2.20. The average Bonchev–Trinajstić information content (AvgIpc) is 2.70. The fraction of sp³-hybridized carbons (Fsp3) is 0.769. The van der Waals surface area contributed by atoms with Crippen LogP contribution in [0.2, 0.25) is 0 Å². The van der Waals surface area contributed by atoms with Gasteiger partial charge < -0.3 is 5.73 Å². The van der Waals surface area contributed by atoms with Gasteiger partial charge in [-0.25, -0.2) is 4.68 Å². The number of rotatable bonds is 1. The van der Waals surface area contributed by atoms with Crippen LogP contribution in [0.4, 0.5) is 5.82 Å².